The molecule has 0 unspecified atom stereocenters. The molecule has 18 heavy (non-hydrogen) atoms. The number of hydrogen-bond acceptors (Lipinski definition) is 5. The van der Waals surface area contributed by atoms with Crippen molar-refractivity contribution < 1.29 is 15.2 Å². The second-order valence-electron chi connectivity index (χ2n) is 3.78. The maximum Gasteiger partial charge on any atom is 0.278 e. The second kappa shape index (κ2) is 4.33. The summed E-state index contributed by atoms with van der Waals surface area (Å²) in [6.07, 6.45) is 0. The standard InChI is InChI=1S/C12H10N2O4/c1-7(13-16)10-6-11(14(17)18)8-4-2-3-5-9(8)12(10)15/h2-6,15-16H,1H3. The smallest absolute Gasteiger partial charge is 0.278 e. The Morgan fingerprint density at radius 3 is 2.50 bits per heavy atom. The first-order valence-corrected chi connectivity index (χ1v) is 5.14. The number of phenolic OH excluding ortho intramolecular Hbond substituents is 1. The van der Waals surface area contributed by atoms with Crippen LogP contribution in [-0.4, -0.2) is 20.9 Å². The van der Waals surface area contributed by atoms with Crippen molar-refractivity contribution >= 4 is 22.2 Å². The Morgan fingerprint density at radius 1 is 1.33 bits per heavy atom. The van der Waals surface area contributed by atoms with E-state index in [-0.39, 0.29) is 22.7 Å². The SMILES string of the molecule is CC(=NO)c1cc([N+](=O)[O-])c2ccccc2c1O. The Balaban J connectivity index is 2.92. The lowest BCUT2D eigenvalue weighted by molar-refractivity contribution is -0.383. The number of aromatic hydroxyl groups is 1. The molecule has 0 atom stereocenters. The maximum atomic E-state index is 11.0. The Bertz CT molecular complexity index is 664. The molecule has 2 N–H and O–H groups in total. The molecule has 0 fully saturated rings. The molecule has 0 spiro atoms. The summed E-state index contributed by atoms with van der Waals surface area (Å²) in [5.41, 5.74) is 0.116. The molecule has 6 heteroatoms. The van der Waals surface area contributed by atoms with Gasteiger partial charge in [-0.2, -0.15) is 0 Å². The monoisotopic (exact) mass is 246 g/mol. The second-order valence-corrected chi connectivity index (χ2v) is 3.78. The van der Waals surface area contributed by atoms with Gasteiger partial charge in [-0.1, -0.05) is 23.4 Å². The van der Waals surface area contributed by atoms with E-state index in [1.807, 2.05) is 0 Å². The van der Waals surface area contributed by atoms with Crippen LogP contribution in [0.4, 0.5) is 5.69 Å². The van der Waals surface area contributed by atoms with Gasteiger partial charge in [-0.15, -0.1) is 0 Å². The van der Waals surface area contributed by atoms with Crippen LogP contribution >= 0.6 is 0 Å². The number of nitro groups is 1. The fraction of sp³-hybridized carbons (Fsp3) is 0.0833. The van der Waals surface area contributed by atoms with Crippen LogP contribution in [0.1, 0.15) is 12.5 Å². The fourth-order valence-corrected chi connectivity index (χ4v) is 1.82. The van der Waals surface area contributed by atoms with Crippen molar-refractivity contribution in [2.75, 3.05) is 0 Å². The van der Waals surface area contributed by atoms with Crippen molar-refractivity contribution in [2.45, 2.75) is 6.92 Å². The van der Waals surface area contributed by atoms with Crippen LogP contribution in [-0.2, 0) is 0 Å². The zero-order chi connectivity index (χ0) is 13.3. The molecule has 0 aliphatic carbocycles. The van der Waals surface area contributed by atoms with Gasteiger partial charge in [-0.25, -0.2) is 0 Å². The van der Waals surface area contributed by atoms with Crippen molar-refractivity contribution in [2.24, 2.45) is 5.16 Å². The molecule has 2 aromatic carbocycles. The molecule has 0 heterocycles. The third-order valence-electron chi connectivity index (χ3n) is 2.73. The number of nitro benzene ring substituents is 1. The topological polar surface area (TPSA) is 96.0 Å². The molecule has 0 amide bonds. The van der Waals surface area contributed by atoms with Crippen molar-refractivity contribution in [3.8, 4) is 5.75 Å². The van der Waals surface area contributed by atoms with Gasteiger partial charge < -0.3 is 10.3 Å². The fourth-order valence-electron chi connectivity index (χ4n) is 1.82. The van der Waals surface area contributed by atoms with Gasteiger partial charge in [0, 0.05) is 17.0 Å². The van der Waals surface area contributed by atoms with Crippen LogP contribution < -0.4 is 0 Å². The number of benzene rings is 2. The highest BCUT2D eigenvalue weighted by atomic mass is 16.6. The third-order valence-corrected chi connectivity index (χ3v) is 2.73. The normalized spacial score (nSPS) is 11.7. The molecule has 0 radical (unpaired) electrons. The van der Waals surface area contributed by atoms with Crippen LogP contribution in [0.25, 0.3) is 10.8 Å². The van der Waals surface area contributed by atoms with Gasteiger partial charge in [-0.3, -0.25) is 10.1 Å². The number of fused-ring (bicyclic) bond motifs is 1. The zero-order valence-electron chi connectivity index (χ0n) is 9.49. The third kappa shape index (κ3) is 1.73. The summed E-state index contributed by atoms with van der Waals surface area (Å²) < 4.78 is 0. The molecule has 0 saturated carbocycles. The molecular weight excluding hydrogens is 236 g/mol. The van der Waals surface area contributed by atoms with E-state index < -0.39 is 4.92 Å². The van der Waals surface area contributed by atoms with Gasteiger partial charge in [0.25, 0.3) is 5.69 Å². The lowest BCUT2D eigenvalue weighted by atomic mass is 10.0. The summed E-state index contributed by atoms with van der Waals surface area (Å²) in [4.78, 5) is 10.5. The summed E-state index contributed by atoms with van der Waals surface area (Å²) >= 11 is 0. The molecular formula is C12H10N2O4. The van der Waals surface area contributed by atoms with Gasteiger partial charge >= 0.3 is 0 Å². The van der Waals surface area contributed by atoms with Gasteiger partial charge in [0.15, 0.2) is 0 Å². The van der Waals surface area contributed by atoms with E-state index in [1.165, 1.54) is 13.0 Å². The van der Waals surface area contributed by atoms with Gasteiger partial charge in [-0.05, 0) is 13.0 Å². The molecule has 0 aromatic heterocycles. The minimum absolute atomic E-state index is 0.112. The molecule has 6 nitrogen and oxygen atoms in total. The minimum atomic E-state index is -0.532. The number of hydrogen-bond donors (Lipinski definition) is 2. The van der Waals surface area contributed by atoms with Crippen LogP contribution in [0.3, 0.4) is 0 Å². The van der Waals surface area contributed by atoms with Crippen molar-refractivity contribution in [1.82, 2.24) is 0 Å². The van der Waals surface area contributed by atoms with Crippen LogP contribution in [0.15, 0.2) is 35.5 Å². The van der Waals surface area contributed by atoms with Crippen LogP contribution in [0.2, 0.25) is 0 Å². The van der Waals surface area contributed by atoms with Gasteiger partial charge in [0.05, 0.1) is 16.0 Å². The van der Waals surface area contributed by atoms with Crippen LogP contribution in [0, 0.1) is 10.1 Å². The Hall–Kier alpha value is -2.63. The molecule has 0 saturated heterocycles. The highest BCUT2D eigenvalue weighted by molar-refractivity contribution is 6.08. The first-order chi connectivity index (χ1) is 8.56. The quantitative estimate of drug-likeness (QED) is 0.368. The molecule has 2 aromatic rings. The Kier molecular flexibility index (Phi) is 2.85. The number of phenols is 1. The average Bonchev–Trinajstić information content (AvgIpc) is 2.38. The van der Waals surface area contributed by atoms with E-state index in [4.69, 9.17) is 5.21 Å². The Labute approximate surface area is 102 Å². The largest absolute Gasteiger partial charge is 0.507 e. The van der Waals surface area contributed by atoms with Crippen molar-refractivity contribution in [1.29, 1.82) is 0 Å². The number of nitrogens with zero attached hydrogens (tertiary/aromatic N) is 2. The van der Waals surface area contributed by atoms with E-state index in [0.717, 1.165) is 0 Å². The lowest BCUT2D eigenvalue weighted by Crippen LogP contribution is -1.99. The molecule has 92 valence electrons. The molecule has 0 aliphatic heterocycles. The highest BCUT2D eigenvalue weighted by Crippen LogP contribution is 2.35. The summed E-state index contributed by atoms with van der Waals surface area (Å²) in [5.74, 6) is -0.133. The van der Waals surface area contributed by atoms with Gasteiger partial charge in [0.2, 0.25) is 0 Å². The summed E-state index contributed by atoms with van der Waals surface area (Å²) in [6.45, 7) is 1.45. The van der Waals surface area contributed by atoms with Crippen LogP contribution in [0.5, 0.6) is 5.75 Å². The molecule has 2 rings (SSSR count). The number of rotatable bonds is 2. The molecule has 0 bridgehead atoms. The predicted molar refractivity (Wildman–Crippen MR) is 66.3 cm³/mol. The van der Waals surface area contributed by atoms with E-state index >= 15 is 0 Å². The number of oxime groups is 1. The van der Waals surface area contributed by atoms with Gasteiger partial charge in [0.1, 0.15) is 5.75 Å². The minimum Gasteiger partial charge on any atom is -0.507 e. The van der Waals surface area contributed by atoms with Crippen molar-refractivity contribution in [3.63, 3.8) is 0 Å². The molecule has 0 aliphatic rings. The summed E-state index contributed by atoms with van der Waals surface area (Å²) in [5, 5.41) is 33.4. The summed E-state index contributed by atoms with van der Waals surface area (Å²) in [6, 6.07) is 7.66. The lowest BCUT2D eigenvalue weighted by Gasteiger charge is -2.07. The van der Waals surface area contributed by atoms with E-state index in [9.17, 15) is 15.2 Å². The van der Waals surface area contributed by atoms with E-state index in [0.29, 0.717) is 10.8 Å². The maximum absolute atomic E-state index is 11.0. The average molecular weight is 246 g/mol. The van der Waals surface area contributed by atoms with E-state index in [1.54, 1.807) is 24.3 Å². The predicted octanol–water partition coefficient (Wildman–Crippen LogP) is 2.65. The highest BCUT2D eigenvalue weighted by Gasteiger charge is 2.19. The Morgan fingerprint density at radius 2 is 1.94 bits per heavy atom. The summed E-state index contributed by atoms with van der Waals surface area (Å²) in [7, 11) is 0. The zero-order valence-corrected chi connectivity index (χ0v) is 9.49. The number of non-ortho nitro benzene ring substituents is 1. The first-order valence-electron chi connectivity index (χ1n) is 5.14. The first kappa shape index (κ1) is 11.8. The van der Waals surface area contributed by atoms with Crippen molar-refractivity contribution in [3.05, 3.63) is 46.0 Å². The van der Waals surface area contributed by atoms with E-state index in [2.05, 4.69) is 5.16 Å².